The summed E-state index contributed by atoms with van der Waals surface area (Å²) < 4.78 is 20.6. The van der Waals surface area contributed by atoms with Gasteiger partial charge in [0.2, 0.25) is 0 Å². The van der Waals surface area contributed by atoms with Gasteiger partial charge in [0.05, 0.1) is 13.3 Å². The second-order valence-corrected chi connectivity index (χ2v) is 4.11. The van der Waals surface area contributed by atoms with Crippen LogP contribution in [0.5, 0.6) is 5.75 Å². The minimum Gasteiger partial charge on any atom is -0.496 e. The average Bonchev–Trinajstić information content (AvgIpc) is 2.69. The molecular formula is C13H16FN3O. The lowest BCUT2D eigenvalue weighted by molar-refractivity contribution is 0.371. The van der Waals surface area contributed by atoms with Crippen LogP contribution in [0.15, 0.2) is 24.4 Å². The van der Waals surface area contributed by atoms with Crippen LogP contribution in [-0.2, 0) is 7.05 Å². The van der Waals surface area contributed by atoms with E-state index in [0.717, 1.165) is 0 Å². The third-order valence-corrected chi connectivity index (χ3v) is 2.96. The van der Waals surface area contributed by atoms with Crippen LogP contribution in [-0.4, -0.2) is 16.9 Å². The number of nitrogen functional groups attached to an aromatic ring is 1. The summed E-state index contributed by atoms with van der Waals surface area (Å²) in [5.74, 6) is 1.08. The number of halogens is 1. The molecule has 18 heavy (non-hydrogen) atoms. The number of anilines is 1. The van der Waals surface area contributed by atoms with E-state index >= 15 is 0 Å². The van der Waals surface area contributed by atoms with Crippen molar-refractivity contribution in [3.05, 3.63) is 30.0 Å². The van der Waals surface area contributed by atoms with E-state index in [1.54, 1.807) is 43.2 Å². The van der Waals surface area contributed by atoms with Gasteiger partial charge in [-0.25, -0.2) is 4.39 Å². The number of methoxy groups -OCH3 is 1. The number of aromatic nitrogens is 2. The Labute approximate surface area is 105 Å². The van der Waals surface area contributed by atoms with Gasteiger partial charge in [-0.15, -0.1) is 0 Å². The molecule has 2 aromatic rings. The molecule has 1 atom stereocenters. The second kappa shape index (κ2) is 4.68. The molecule has 0 aliphatic carbocycles. The highest BCUT2D eigenvalue weighted by Crippen LogP contribution is 2.39. The first-order valence-electron chi connectivity index (χ1n) is 5.65. The van der Waals surface area contributed by atoms with Gasteiger partial charge in [-0.05, 0) is 18.6 Å². The molecule has 0 aliphatic heterocycles. The van der Waals surface area contributed by atoms with E-state index in [1.807, 2.05) is 0 Å². The lowest BCUT2D eigenvalue weighted by Crippen LogP contribution is -2.00. The Hall–Kier alpha value is -2.04. The number of rotatable bonds is 3. The molecule has 2 rings (SSSR count). The predicted octanol–water partition coefficient (Wildman–Crippen LogP) is 2.71. The number of hydrogen-bond donors (Lipinski definition) is 1. The van der Waals surface area contributed by atoms with Gasteiger partial charge in [0.15, 0.2) is 0 Å². The monoisotopic (exact) mass is 249 g/mol. The molecule has 5 heteroatoms. The Kier molecular flexibility index (Phi) is 3.23. The molecule has 0 saturated carbocycles. The molecule has 2 N–H and O–H groups in total. The van der Waals surface area contributed by atoms with Crippen molar-refractivity contribution in [2.75, 3.05) is 12.8 Å². The summed E-state index contributed by atoms with van der Waals surface area (Å²) in [7, 11) is 3.30. The highest BCUT2D eigenvalue weighted by atomic mass is 19.1. The molecular weight excluding hydrogens is 233 g/mol. The molecule has 1 unspecified atom stereocenters. The second-order valence-electron chi connectivity index (χ2n) is 4.11. The maximum absolute atomic E-state index is 13.7. The lowest BCUT2D eigenvalue weighted by Gasteiger charge is -2.14. The molecule has 0 fully saturated rings. The summed E-state index contributed by atoms with van der Waals surface area (Å²) in [6, 6.07) is 5.28. The number of hydrogen-bond acceptors (Lipinski definition) is 3. The zero-order valence-electron chi connectivity index (χ0n) is 10.6. The number of ether oxygens (including phenoxy) is 1. The minimum atomic E-state index is -1.10. The van der Waals surface area contributed by atoms with Crippen LogP contribution in [0.2, 0.25) is 0 Å². The molecule has 4 nitrogen and oxygen atoms in total. The van der Waals surface area contributed by atoms with Crippen LogP contribution in [0, 0.1) is 0 Å². The van der Waals surface area contributed by atoms with Crippen LogP contribution < -0.4 is 10.5 Å². The SMILES string of the molecule is COc1cccc(C(C)F)c1-c1cnn(C)c1N. The number of aryl methyl sites for hydroxylation is 1. The smallest absolute Gasteiger partial charge is 0.129 e. The predicted molar refractivity (Wildman–Crippen MR) is 69.1 cm³/mol. The van der Waals surface area contributed by atoms with Gasteiger partial charge in [-0.1, -0.05) is 12.1 Å². The summed E-state index contributed by atoms with van der Waals surface area (Å²) in [5.41, 5.74) is 7.86. The van der Waals surface area contributed by atoms with Gasteiger partial charge in [0, 0.05) is 18.2 Å². The molecule has 0 radical (unpaired) electrons. The van der Waals surface area contributed by atoms with E-state index < -0.39 is 6.17 Å². The zero-order chi connectivity index (χ0) is 13.3. The van der Waals surface area contributed by atoms with Crippen LogP contribution in [0.4, 0.5) is 10.2 Å². The van der Waals surface area contributed by atoms with E-state index in [1.165, 1.54) is 6.92 Å². The maximum Gasteiger partial charge on any atom is 0.129 e. The van der Waals surface area contributed by atoms with Crippen molar-refractivity contribution in [1.82, 2.24) is 9.78 Å². The normalized spacial score (nSPS) is 12.4. The summed E-state index contributed by atoms with van der Waals surface area (Å²) in [6.45, 7) is 1.49. The van der Waals surface area contributed by atoms with Gasteiger partial charge in [-0.3, -0.25) is 4.68 Å². The fourth-order valence-corrected chi connectivity index (χ4v) is 1.98. The van der Waals surface area contributed by atoms with E-state index in [2.05, 4.69) is 5.10 Å². The van der Waals surface area contributed by atoms with Gasteiger partial charge >= 0.3 is 0 Å². The molecule has 0 amide bonds. The van der Waals surface area contributed by atoms with E-state index in [9.17, 15) is 4.39 Å². The molecule has 1 heterocycles. The maximum atomic E-state index is 13.7. The molecule has 1 aromatic carbocycles. The Balaban J connectivity index is 2.71. The van der Waals surface area contributed by atoms with Crippen LogP contribution in [0.3, 0.4) is 0 Å². The molecule has 1 aromatic heterocycles. The van der Waals surface area contributed by atoms with Gasteiger partial charge in [0.25, 0.3) is 0 Å². The summed E-state index contributed by atoms with van der Waals surface area (Å²) >= 11 is 0. The number of alkyl halides is 1. The standard InChI is InChI=1S/C13H16FN3O/c1-8(14)9-5-4-6-11(18-3)12(9)10-7-16-17(2)13(10)15/h4-8H,15H2,1-3H3. The highest BCUT2D eigenvalue weighted by Gasteiger charge is 2.19. The molecule has 0 spiro atoms. The molecule has 0 bridgehead atoms. The number of nitrogens with zero attached hydrogens (tertiary/aromatic N) is 2. The van der Waals surface area contributed by atoms with Crippen molar-refractivity contribution in [3.8, 4) is 16.9 Å². The van der Waals surface area contributed by atoms with Crippen molar-refractivity contribution in [2.24, 2.45) is 7.05 Å². The Morgan fingerprint density at radius 3 is 2.67 bits per heavy atom. The van der Waals surface area contributed by atoms with Crippen molar-refractivity contribution in [3.63, 3.8) is 0 Å². The lowest BCUT2D eigenvalue weighted by atomic mass is 9.98. The molecule has 0 saturated heterocycles. The van der Waals surface area contributed by atoms with Gasteiger partial charge < -0.3 is 10.5 Å². The Morgan fingerprint density at radius 2 is 2.17 bits per heavy atom. The Morgan fingerprint density at radius 1 is 1.44 bits per heavy atom. The summed E-state index contributed by atoms with van der Waals surface area (Å²) in [4.78, 5) is 0. The highest BCUT2D eigenvalue weighted by molar-refractivity contribution is 5.81. The number of benzene rings is 1. The fourth-order valence-electron chi connectivity index (χ4n) is 1.98. The van der Waals surface area contributed by atoms with Crippen molar-refractivity contribution in [2.45, 2.75) is 13.1 Å². The Bertz CT molecular complexity index is 563. The van der Waals surface area contributed by atoms with Crippen molar-refractivity contribution < 1.29 is 9.13 Å². The zero-order valence-corrected chi connectivity index (χ0v) is 10.6. The third kappa shape index (κ3) is 1.92. The van der Waals surface area contributed by atoms with Crippen LogP contribution in [0.25, 0.3) is 11.1 Å². The topological polar surface area (TPSA) is 53.1 Å². The summed E-state index contributed by atoms with van der Waals surface area (Å²) in [6.07, 6.45) is 0.522. The van der Waals surface area contributed by atoms with Crippen LogP contribution in [0.1, 0.15) is 18.7 Å². The summed E-state index contributed by atoms with van der Waals surface area (Å²) in [5, 5.41) is 4.08. The molecule has 0 aliphatic rings. The van der Waals surface area contributed by atoms with Crippen molar-refractivity contribution in [1.29, 1.82) is 0 Å². The first kappa shape index (κ1) is 12.4. The largest absolute Gasteiger partial charge is 0.496 e. The quantitative estimate of drug-likeness (QED) is 0.910. The first-order chi connectivity index (χ1) is 8.56. The average molecular weight is 249 g/mol. The number of nitrogens with two attached hydrogens (primary N) is 1. The third-order valence-electron chi connectivity index (χ3n) is 2.96. The fraction of sp³-hybridized carbons (Fsp3) is 0.308. The minimum absolute atomic E-state index is 0.487. The van der Waals surface area contributed by atoms with E-state index in [0.29, 0.717) is 28.3 Å². The van der Waals surface area contributed by atoms with Crippen LogP contribution >= 0.6 is 0 Å². The molecule has 96 valence electrons. The van der Waals surface area contributed by atoms with E-state index in [4.69, 9.17) is 10.5 Å². The first-order valence-corrected chi connectivity index (χ1v) is 5.65. The van der Waals surface area contributed by atoms with Crippen molar-refractivity contribution >= 4 is 5.82 Å². The van der Waals surface area contributed by atoms with Gasteiger partial charge in [-0.2, -0.15) is 5.10 Å². The van der Waals surface area contributed by atoms with E-state index in [-0.39, 0.29) is 0 Å². The van der Waals surface area contributed by atoms with Gasteiger partial charge in [0.1, 0.15) is 17.7 Å².